The summed E-state index contributed by atoms with van der Waals surface area (Å²) < 4.78 is 5.11. The normalized spacial score (nSPS) is 22.9. The zero-order valence-corrected chi connectivity index (χ0v) is 10.4. The summed E-state index contributed by atoms with van der Waals surface area (Å²) in [4.78, 5) is 11.3. The molecule has 2 unspecified atom stereocenters. The molecule has 4 nitrogen and oxygen atoms in total. The monoisotopic (exact) mass is 232 g/mol. The predicted molar refractivity (Wildman–Crippen MR) is 62.9 cm³/mol. The predicted octanol–water partition coefficient (Wildman–Crippen LogP) is 0.360. The third-order valence-corrected chi connectivity index (χ3v) is 4.11. The van der Waals surface area contributed by atoms with Gasteiger partial charge in [0.15, 0.2) is 0 Å². The van der Waals surface area contributed by atoms with Gasteiger partial charge >= 0.3 is 0 Å². The van der Waals surface area contributed by atoms with Gasteiger partial charge in [-0.05, 0) is 20.4 Å². The first-order chi connectivity index (χ1) is 6.98. The zero-order chi connectivity index (χ0) is 11.5. The second-order valence-corrected chi connectivity index (χ2v) is 6.00. The third kappa shape index (κ3) is 3.36. The van der Waals surface area contributed by atoms with Crippen LogP contribution in [0.15, 0.2) is 0 Å². The lowest BCUT2D eigenvalue weighted by Gasteiger charge is -2.32. The fourth-order valence-electron chi connectivity index (χ4n) is 1.57. The third-order valence-electron chi connectivity index (χ3n) is 2.82. The van der Waals surface area contributed by atoms with Crippen LogP contribution in [0.2, 0.25) is 0 Å². The fourth-order valence-corrected chi connectivity index (χ4v) is 3.01. The van der Waals surface area contributed by atoms with Crippen LogP contribution in [0.4, 0.5) is 0 Å². The Balaban J connectivity index is 2.39. The quantitative estimate of drug-likeness (QED) is 0.694. The second kappa shape index (κ2) is 5.18. The van der Waals surface area contributed by atoms with Crippen LogP contribution >= 0.6 is 11.8 Å². The number of carbonyl (C=O) groups is 1. The molecule has 0 aromatic carbocycles. The van der Waals surface area contributed by atoms with E-state index < -0.39 is 5.54 Å². The summed E-state index contributed by atoms with van der Waals surface area (Å²) in [7, 11) is 1.77. The molecule has 0 spiro atoms. The lowest BCUT2D eigenvalue weighted by atomic mass is 9.95. The number of nitrogens with two attached hydrogens (primary N) is 1. The maximum atomic E-state index is 11.3. The Morgan fingerprint density at radius 2 is 2.33 bits per heavy atom. The summed E-state index contributed by atoms with van der Waals surface area (Å²) in [5.74, 6) is -0.290. The molecule has 0 saturated carbocycles. The molecule has 2 atom stereocenters. The number of thioether (sulfide) groups is 1. The minimum atomic E-state index is -0.600. The zero-order valence-electron chi connectivity index (χ0n) is 9.58. The highest BCUT2D eigenvalue weighted by Gasteiger charge is 2.32. The van der Waals surface area contributed by atoms with Crippen molar-refractivity contribution in [3.63, 3.8) is 0 Å². The van der Waals surface area contributed by atoms with E-state index in [1.54, 1.807) is 7.05 Å². The van der Waals surface area contributed by atoms with E-state index in [1.807, 2.05) is 18.7 Å². The largest absolute Gasteiger partial charge is 0.379 e. The minimum Gasteiger partial charge on any atom is -0.379 e. The minimum absolute atomic E-state index is 0.290. The van der Waals surface area contributed by atoms with Gasteiger partial charge in [0.1, 0.15) is 0 Å². The van der Waals surface area contributed by atoms with E-state index in [2.05, 4.69) is 12.2 Å². The number of rotatable bonds is 6. The van der Waals surface area contributed by atoms with Crippen molar-refractivity contribution in [3.05, 3.63) is 0 Å². The van der Waals surface area contributed by atoms with Crippen LogP contribution in [0.5, 0.6) is 0 Å². The molecule has 5 heteroatoms. The van der Waals surface area contributed by atoms with Gasteiger partial charge in [-0.1, -0.05) is 6.92 Å². The van der Waals surface area contributed by atoms with E-state index in [9.17, 15) is 4.79 Å². The molecule has 15 heavy (non-hydrogen) atoms. The molecular formula is C10H20N2O2S. The number of carbonyl (C=O) groups excluding carboxylic acids is 1. The van der Waals surface area contributed by atoms with Gasteiger partial charge in [0, 0.05) is 5.25 Å². The van der Waals surface area contributed by atoms with E-state index >= 15 is 0 Å². The van der Waals surface area contributed by atoms with Crippen LogP contribution in [-0.4, -0.2) is 42.2 Å². The lowest BCUT2D eigenvalue weighted by Crippen LogP contribution is -2.53. The molecule has 88 valence electrons. The number of hydrogen-bond donors (Lipinski definition) is 2. The van der Waals surface area contributed by atoms with Crippen molar-refractivity contribution < 1.29 is 9.53 Å². The molecule has 1 aliphatic rings. The molecule has 0 bridgehead atoms. The average molecular weight is 232 g/mol. The van der Waals surface area contributed by atoms with Gasteiger partial charge in [-0.25, -0.2) is 0 Å². The lowest BCUT2D eigenvalue weighted by molar-refractivity contribution is -0.123. The summed E-state index contributed by atoms with van der Waals surface area (Å²) in [6, 6.07) is 0. The van der Waals surface area contributed by atoms with E-state index in [0.29, 0.717) is 10.5 Å². The number of ether oxygens (including phenoxy) is 1. The summed E-state index contributed by atoms with van der Waals surface area (Å²) in [6.07, 6.45) is 0.750. The van der Waals surface area contributed by atoms with Gasteiger partial charge < -0.3 is 15.8 Å². The van der Waals surface area contributed by atoms with Crippen LogP contribution in [-0.2, 0) is 9.53 Å². The highest BCUT2D eigenvalue weighted by Crippen LogP contribution is 2.28. The Hall–Kier alpha value is -0.260. The Labute approximate surface area is 95.3 Å². The molecule has 1 rings (SSSR count). The highest BCUT2D eigenvalue weighted by atomic mass is 32.2. The van der Waals surface area contributed by atoms with Gasteiger partial charge in [-0.3, -0.25) is 4.79 Å². The Kier molecular flexibility index (Phi) is 4.43. The topological polar surface area (TPSA) is 64.3 Å². The standard InChI is InChI=1S/C10H20N2O2S/c1-7(15-8-5-14-6-8)4-10(2,12-3)9(11)13/h7-8,12H,4-6H2,1-3H3,(H2,11,13). The van der Waals surface area contributed by atoms with Crippen molar-refractivity contribution in [2.45, 2.75) is 36.3 Å². The number of likely N-dealkylation sites (N-methyl/N-ethyl adjacent to an activating group) is 1. The molecule has 0 aromatic heterocycles. The van der Waals surface area contributed by atoms with Gasteiger partial charge in [0.2, 0.25) is 5.91 Å². The van der Waals surface area contributed by atoms with Crippen molar-refractivity contribution in [1.82, 2.24) is 5.32 Å². The van der Waals surface area contributed by atoms with Gasteiger partial charge in [0.25, 0.3) is 0 Å². The fraction of sp³-hybridized carbons (Fsp3) is 0.900. The molecule has 3 N–H and O–H groups in total. The van der Waals surface area contributed by atoms with Crippen LogP contribution in [0.3, 0.4) is 0 Å². The molecule has 1 saturated heterocycles. The Morgan fingerprint density at radius 1 is 1.73 bits per heavy atom. The number of amides is 1. The van der Waals surface area contributed by atoms with Crippen molar-refractivity contribution >= 4 is 17.7 Å². The molecule has 0 aliphatic carbocycles. The summed E-state index contributed by atoms with van der Waals surface area (Å²) in [5, 5.41) is 4.00. The van der Waals surface area contributed by atoms with Gasteiger partial charge in [0.05, 0.1) is 24.0 Å². The van der Waals surface area contributed by atoms with E-state index in [0.717, 1.165) is 19.6 Å². The van der Waals surface area contributed by atoms with Crippen LogP contribution in [0.25, 0.3) is 0 Å². The maximum Gasteiger partial charge on any atom is 0.237 e. The van der Waals surface area contributed by atoms with Crippen molar-refractivity contribution in [2.75, 3.05) is 20.3 Å². The van der Waals surface area contributed by atoms with E-state index in [-0.39, 0.29) is 5.91 Å². The Morgan fingerprint density at radius 3 is 2.67 bits per heavy atom. The van der Waals surface area contributed by atoms with Gasteiger partial charge in [-0.2, -0.15) is 11.8 Å². The number of nitrogens with one attached hydrogen (secondary N) is 1. The first-order valence-electron chi connectivity index (χ1n) is 5.20. The van der Waals surface area contributed by atoms with Crippen molar-refractivity contribution in [3.8, 4) is 0 Å². The average Bonchev–Trinajstić information content (AvgIpc) is 2.11. The van der Waals surface area contributed by atoms with Crippen molar-refractivity contribution in [2.24, 2.45) is 5.73 Å². The van der Waals surface area contributed by atoms with Gasteiger partial charge in [-0.15, -0.1) is 0 Å². The highest BCUT2D eigenvalue weighted by molar-refractivity contribution is 8.00. The molecule has 0 aromatic rings. The molecule has 1 fully saturated rings. The maximum absolute atomic E-state index is 11.3. The second-order valence-electron chi connectivity index (χ2n) is 4.26. The summed E-state index contributed by atoms with van der Waals surface area (Å²) in [5.41, 5.74) is 4.77. The van der Waals surface area contributed by atoms with E-state index in [4.69, 9.17) is 10.5 Å². The molecule has 1 amide bonds. The van der Waals surface area contributed by atoms with E-state index in [1.165, 1.54) is 0 Å². The molecule has 1 aliphatic heterocycles. The molecule has 1 heterocycles. The summed E-state index contributed by atoms with van der Waals surface area (Å²) in [6.45, 7) is 5.65. The van der Waals surface area contributed by atoms with Crippen molar-refractivity contribution in [1.29, 1.82) is 0 Å². The number of hydrogen-bond acceptors (Lipinski definition) is 4. The Bertz CT molecular complexity index is 233. The van der Waals surface area contributed by atoms with Crippen LogP contribution < -0.4 is 11.1 Å². The first-order valence-corrected chi connectivity index (χ1v) is 6.14. The van der Waals surface area contributed by atoms with Crippen LogP contribution in [0, 0.1) is 0 Å². The smallest absolute Gasteiger partial charge is 0.237 e. The summed E-state index contributed by atoms with van der Waals surface area (Å²) >= 11 is 1.87. The first kappa shape index (κ1) is 12.8. The SMILES string of the molecule is CNC(C)(CC(C)SC1COC1)C(N)=O. The van der Waals surface area contributed by atoms with Crippen LogP contribution in [0.1, 0.15) is 20.3 Å². The number of primary amides is 1. The molecule has 0 radical (unpaired) electrons. The molecular weight excluding hydrogens is 212 g/mol.